The summed E-state index contributed by atoms with van der Waals surface area (Å²) in [5.74, 6) is -0.455. The lowest BCUT2D eigenvalue weighted by molar-refractivity contribution is 0.0949. The molecule has 0 unspecified atom stereocenters. The molecule has 3 rings (SSSR count). The van der Waals surface area contributed by atoms with E-state index in [9.17, 15) is 9.59 Å². The number of nitrogens with one attached hydrogen (secondary N) is 1. The highest BCUT2D eigenvalue weighted by Crippen LogP contribution is 2.15. The van der Waals surface area contributed by atoms with E-state index in [0.29, 0.717) is 10.8 Å². The number of carbonyl (C=O) groups is 1. The van der Waals surface area contributed by atoms with Crippen molar-refractivity contribution >= 4 is 22.9 Å². The second-order valence-corrected chi connectivity index (χ2v) is 7.23. The number of rotatable bonds is 4. The fraction of sp³-hybridized carbons (Fsp3) is 0.273. The number of fused-ring (bicyclic) bond motifs is 1. The molecular weight excluding hydrogens is 352 g/mol. The minimum Gasteiger partial charge on any atom is -0.267 e. The number of hydrogen-bond acceptors (Lipinski definition) is 4. The Morgan fingerprint density at radius 1 is 1.07 bits per heavy atom. The first-order chi connectivity index (χ1) is 13.3. The summed E-state index contributed by atoms with van der Waals surface area (Å²) in [6.45, 7) is 9.81. The van der Waals surface area contributed by atoms with Gasteiger partial charge in [0.15, 0.2) is 5.69 Å². The fourth-order valence-electron chi connectivity index (χ4n) is 3.06. The van der Waals surface area contributed by atoms with E-state index in [4.69, 9.17) is 0 Å². The Balaban J connectivity index is 1.95. The van der Waals surface area contributed by atoms with Crippen LogP contribution in [0.1, 0.15) is 52.6 Å². The first-order valence-corrected chi connectivity index (χ1v) is 9.22. The van der Waals surface area contributed by atoms with Gasteiger partial charge in [-0.05, 0) is 69.0 Å². The van der Waals surface area contributed by atoms with E-state index in [-0.39, 0.29) is 17.3 Å². The largest absolute Gasteiger partial charge is 0.292 e. The van der Waals surface area contributed by atoms with E-state index < -0.39 is 5.91 Å². The summed E-state index contributed by atoms with van der Waals surface area (Å²) < 4.78 is 1.33. The molecule has 0 spiro atoms. The summed E-state index contributed by atoms with van der Waals surface area (Å²) in [5.41, 5.74) is 6.90. The van der Waals surface area contributed by atoms with Crippen LogP contribution in [-0.4, -0.2) is 21.9 Å². The molecule has 1 aromatic heterocycles. The molecule has 2 aromatic carbocycles. The van der Waals surface area contributed by atoms with Crippen LogP contribution in [0, 0.1) is 20.8 Å². The summed E-state index contributed by atoms with van der Waals surface area (Å²) >= 11 is 0. The first-order valence-electron chi connectivity index (χ1n) is 9.22. The smallest absolute Gasteiger partial charge is 0.267 e. The third-order valence-electron chi connectivity index (χ3n) is 4.78. The zero-order chi connectivity index (χ0) is 20.4. The summed E-state index contributed by atoms with van der Waals surface area (Å²) in [4.78, 5) is 25.3. The lowest BCUT2D eigenvalue weighted by atomic mass is 10.0. The quantitative estimate of drug-likeness (QED) is 0.558. The van der Waals surface area contributed by atoms with Crippen LogP contribution in [0.5, 0.6) is 0 Å². The zero-order valence-electron chi connectivity index (χ0n) is 16.8. The second kappa shape index (κ2) is 7.76. The third-order valence-corrected chi connectivity index (χ3v) is 4.78. The van der Waals surface area contributed by atoms with E-state index in [2.05, 4.69) is 28.6 Å². The monoisotopic (exact) mass is 376 g/mol. The molecule has 0 atom stereocenters. The van der Waals surface area contributed by atoms with E-state index >= 15 is 0 Å². The Labute approximate surface area is 163 Å². The van der Waals surface area contributed by atoms with Gasteiger partial charge in [-0.3, -0.25) is 9.59 Å². The average Bonchev–Trinajstić information content (AvgIpc) is 2.66. The van der Waals surface area contributed by atoms with Gasteiger partial charge in [-0.2, -0.15) is 10.2 Å². The number of aromatic nitrogens is 2. The van der Waals surface area contributed by atoms with Gasteiger partial charge in [-0.1, -0.05) is 24.3 Å². The molecule has 0 radical (unpaired) electrons. The first kappa shape index (κ1) is 19.5. The van der Waals surface area contributed by atoms with Crippen LogP contribution in [0.2, 0.25) is 0 Å². The van der Waals surface area contributed by atoms with Gasteiger partial charge in [0.25, 0.3) is 11.5 Å². The minimum atomic E-state index is -0.455. The number of carbonyl (C=O) groups excluding carboxylic acids is 1. The van der Waals surface area contributed by atoms with Gasteiger partial charge < -0.3 is 0 Å². The SMILES string of the molecule is Cc1cc(C)c(/C=N\NC(=O)c2nn(C(C)C)c(=O)c3ccccc23)cc1C. The highest BCUT2D eigenvalue weighted by Gasteiger charge is 2.17. The van der Waals surface area contributed by atoms with Crippen LogP contribution in [0.4, 0.5) is 0 Å². The molecule has 6 heteroatoms. The molecular formula is C22H24N4O2. The van der Waals surface area contributed by atoms with Crippen molar-refractivity contribution < 1.29 is 4.79 Å². The van der Waals surface area contributed by atoms with E-state index in [1.807, 2.05) is 33.8 Å². The maximum absolute atomic E-state index is 12.7. The number of hydrazone groups is 1. The summed E-state index contributed by atoms with van der Waals surface area (Å²) in [6, 6.07) is 10.9. The predicted molar refractivity (Wildman–Crippen MR) is 112 cm³/mol. The molecule has 144 valence electrons. The molecule has 3 aromatic rings. The van der Waals surface area contributed by atoms with Gasteiger partial charge in [-0.15, -0.1) is 0 Å². The number of nitrogens with zero attached hydrogens (tertiary/aromatic N) is 3. The third kappa shape index (κ3) is 3.71. The lowest BCUT2D eigenvalue weighted by Gasteiger charge is -2.12. The van der Waals surface area contributed by atoms with Crippen molar-refractivity contribution in [3.05, 3.63) is 74.7 Å². The highest BCUT2D eigenvalue weighted by atomic mass is 16.2. The van der Waals surface area contributed by atoms with Crippen LogP contribution < -0.4 is 11.0 Å². The van der Waals surface area contributed by atoms with Crippen LogP contribution in [0.25, 0.3) is 10.8 Å². The molecule has 0 fully saturated rings. The van der Waals surface area contributed by atoms with Crippen LogP contribution in [0.3, 0.4) is 0 Å². The van der Waals surface area contributed by atoms with Crippen molar-refractivity contribution in [1.82, 2.24) is 15.2 Å². The number of hydrogen-bond donors (Lipinski definition) is 1. The number of benzene rings is 2. The van der Waals surface area contributed by atoms with Crippen molar-refractivity contribution in [2.45, 2.75) is 40.7 Å². The molecule has 0 aliphatic carbocycles. The molecule has 0 saturated carbocycles. The molecule has 1 heterocycles. The zero-order valence-corrected chi connectivity index (χ0v) is 16.8. The summed E-state index contributed by atoms with van der Waals surface area (Å²) in [7, 11) is 0. The fourth-order valence-corrected chi connectivity index (χ4v) is 3.06. The molecule has 28 heavy (non-hydrogen) atoms. The van der Waals surface area contributed by atoms with Crippen LogP contribution >= 0.6 is 0 Å². The van der Waals surface area contributed by atoms with Gasteiger partial charge in [0.2, 0.25) is 0 Å². The van der Waals surface area contributed by atoms with E-state index in [0.717, 1.165) is 16.7 Å². The van der Waals surface area contributed by atoms with Crippen molar-refractivity contribution in [3.63, 3.8) is 0 Å². The molecule has 0 bridgehead atoms. The standard InChI is InChI=1S/C22H24N4O2/c1-13(2)26-22(28)19-9-7-6-8-18(19)20(25-26)21(27)24-23-12-17-11-15(4)14(3)10-16(17)5/h6-13H,1-5H3,(H,24,27)/b23-12-. The maximum Gasteiger partial charge on any atom is 0.292 e. The average molecular weight is 376 g/mol. The van der Waals surface area contributed by atoms with Crippen molar-refractivity contribution in [2.75, 3.05) is 0 Å². The Morgan fingerprint density at radius 2 is 1.71 bits per heavy atom. The van der Waals surface area contributed by atoms with Crippen LogP contribution in [-0.2, 0) is 0 Å². The van der Waals surface area contributed by atoms with Gasteiger partial charge in [0.05, 0.1) is 17.6 Å². The molecule has 0 saturated heterocycles. The van der Waals surface area contributed by atoms with E-state index in [1.165, 1.54) is 10.2 Å². The van der Waals surface area contributed by atoms with E-state index in [1.54, 1.807) is 30.5 Å². The van der Waals surface area contributed by atoms with Gasteiger partial charge in [0, 0.05) is 5.39 Å². The topological polar surface area (TPSA) is 76.3 Å². The minimum absolute atomic E-state index is 0.162. The lowest BCUT2D eigenvalue weighted by Crippen LogP contribution is -2.30. The Morgan fingerprint density at radius 3 is 2.39 bits per heavy atom. The molecule has 0 aliphatic heterocycles. The number of aryl methyl sites for hydroxylation is 3. The highest BCUT2D eigenvalue weighted by molar-refractivity contribution is 6.05. The van der Waals surface area contributed by atoms with Crippen molar-refractivity contribution in [3.8, 4) is 0 Å². The van der Waals surface area contributed by atoms with Crippen LogP contribution in [0.15, 0.2) is 46.3 Å². The maximum atomic E-state index is 12.7. The normalized spacial score (nSPS) is 11.5. The summed E-state index contributed by atoms with van der Waals surface area (Å²) in [5, 5.41) is 9.37. The van der Waals surface area contributed by atoms with Crippen molar-refractivity contribution in [1.29, 1.82) is 0 Å². The van der Waals surface area contributed by atoms with Gasteiger partial charge in [-0.25, -0.2) is 10.1 Å². The molecule has 0 aliphatic rings. The Hall–Kier alpha value is -3.28. The summed E-state index contributed by atoms with van der Waals surface area (Å²) in [6.07, 6.45) is 1.63. The van der Waals surface area contributed by atoms with Gasteiger partial charge in [0.1, 0.15) is 0 Å². The molecule has 6 nitrogen and oxygen atoms in total. The predicted octanol–water partition coefficient (Wildman–Crippen LogP) is 3.67. The second-order valence-electron chi connectivity index (χ2n) is 7.23. The number of amides is 1. The Bertz CT molecular complexity index is 1140. The van der Waals surface area contributed by atoms with Crippen molar-refractivity contribution in [2.24, 2.45) is 5.10 Å². The Kier molecular flexibility index (Phi) is 5.40. The molecule has 1 amide bonds. The van der Waals surface area contributed by atoms with Gasteiger partial charge >= 0.3 is 0 Å². The molecule has 1 N–H and O–H groups in total.